The highest BCUT2D eigenvalue weighted by molar-refractivity contribution is 6.31. The molecule has 0 radical (unpaired) electrons. The molecule has 0 aliphatic carbocycles. The summed E-state index contributed by atoms with van der Waals surface area (Å²) >= 11 is 6.09. The quantitative estimate of drug-likeness (QED) is 0.688. The second-order valence-corrected chi connectivity index (χ2v) is 4.47. The van der Waals surface area contributed by atoms with Crippen LogP contribution in [0.15, 0.2) is 23.9 Å². The van der Waals surface area contributed by atoms with Crippen molar-refractivity contribution in [3.63, 3.8) is 0 Å². The van der Waals surface area contributed by atoms with Gasteiger partial charge in [0.15, 0.2) is 0 Å². The third-order valence-electron chi connectivity index (χ3n) is 2.50. The van der Waals surface area contributed by atoms with Crippen molar-refractivity contribution in [2.24, 2.45) is 0 Å². The first-order chi connectivity index (χ1) is 7.06. The lowest BCUT2D eigenvalue weighted by atomic mass is 9.96. The van der Waals surface area contributed by atoms with Gasteiger partial charge in [-0.1, -0.05) is 30.2 Å². The van der Waals surface area contributed by atoms with Crippen LogP contribution in [0.5, 0.6) is 0 Å². The maximum atomic E-state index is 6.09. The van der Waals surface area contributed by atoms with Crippen LogP contribution in [0.4, 0.5) is 0 Å². The first-order valence-electron chi connectivity index (χ1n) is 5.32. The Kier molecular flexibility index (Phi) is 4.34. The molecule has 1 unspecified atom stereocenters. The average molecular weight is 224 g/mol. The van der Waals surface area contributed by atoms with Crippen LogP contribution in [0, 0.1) is 6.92 Å². The molecule has 1 atom stereocenters. The maximum Gasteiger partial charge on any atom is 0.0516 e. The zero-order valence-corrected chi connectivity index (χ0v) is 10.6. The minimum absolute atomic E-state index is 0.383. The summed E-state index contributed by atoms with van der Waals surface area (Å²) < 4.78 is 0. The Balaban J connectivity index is 3.13. The van der Waals surface area contributed by atoms with Gasteiger partial charge < -0.3 is 0 Å². The maximum absolute atomic E-state index is 6.09. The SMILES string of the molecule is CCC(C=C(C)C)c1nccc(Cl)c1C. The van der Waals surface area contributed by atoms with Crippen molar-refractivity contribution in [3.8, 4) is 0 Å². The molecule has 0 N–H and O–H groups in total. The summed E-state index contributed by atoms with van der Waals surface area (Å²) in [5.74, 6) is 0.383. The van der Waals surface area contributed by atoms with Crippen LogP contribution in [0.3, 0.4) is 0 Å². The van der Waals surface area contributed by atoms with Crippen molar-refractivity contribution >= 4 is 11.6 Å². The van der Waals surface area contributed by atoms with Gasteiger partial charge in [-0.25, -0.2) is 0 Å². The monoisotopic (exact) mass is 223 g/mol. The highest BCUT2D eigenvalue weighted by Gasteiger charge is 2.12. The van der Waals surface area contributed by atoms with E-state index in [0.29, 0.717) is 5.92 Å². The molecule has 1 heterocycles. The van der Waals surface area contributed by atoms with Crippen LogP contribution in [0.25, 0.3) is 0 Å². The Labute approximate surface area is 97.2 Å². The molecular formula is C13H18ClN. The van der Waals surface area contributed by atoms with Gasteiger partial charge in [-0.3, -0.25) is 4.98 Å². The zero-order valence-electron chi connectivity index (χ0n) is 9.84. The Bertz CT molecular complexity index is 365. The first-order valence-corrected chi connectivity index (χ1v) is 5.70. The largest absolute Gasteiger partial charge is 0.260 e. The fourth-order valence-electron chi connectivity index (χ4n) is 1.69. The van der Waals surface area contributed by atoms with Crippen LogP contribution in [0.2, 0.25) is 5.02 Å². The summed E-state index contributed by atoms with van der Waals surface area (Å²) in [6, 6.07) is 1.84. The Morgan fingerprint density at radius 1 is 1.53 bits per heavy atom. The average Bonchev–Trinajstić information content (AvgIpc) is 2.19. The Hall–Kier alpha value is -0.820. The lowest BCUT2D eigenvalue weighted by Crippen LogP contribution is -2.01. The molecular weight excluding hydrogens is 206 g/mol. The van der Waals surface area contributed by atoms with Crippen LogP contribution < -0.4 is 0 Å². The fourth-order valence-corrected chi connectivity index (χ4v) is 1.85. The molecule has 1 rings (SSSR count). The van der Waals surface area contributed by atoms with E-state index in [-0.39, 0.29) is 0 Å². The zero-order chi connectivity index (χ0) is 11.4. The van der Waals surface area contributed by atoms with E-state index in [1.54, 1.807) is 6.20 Å². The smallest absolute Gasteiger partial charge is 0.0516 e. The topological polar surface area (TPSA) is 12.9 Å². The summed E-state index contributed by atoms with van der Waals surface area (Å²) in [5.41, 5.74) is 3.53. The van der Waals surface area contributed by atoms with Crippen LogP contribution in [-0.2, 0) is 0 Å². The van der Waals surface area contributed by atoms with Gasteiger partial charge in [-0.15, -0.1) is 0 Å². The number of hydrogen-bond donors (Lipinski definition) is 0. The molecule has 15 heavy (non-hydrogen) atoms. The third-order valence-corrected chi connectivity index (χ3v) is 2.91. The summed E-state index contributed by atoms with van der Waals surface area (Å²) in [4.78, 5) is 4.43. The number of nitrogens with zero attached hydrogens (tertiary/aromatic N) is 1. The van der Waals surface area contributed by atoms with Gasteiger partial charge in [-0.05, 0) is 38.8 Å². The standard InChI is InChI=1S/C13H18ClN/c1-5-11(8-9(2)3)13-10(4)12(14)6-7-15-13/h6-8,11H,5H2,1-4H3. The van der Waals surface area contributed by atoms with Crippen molar-refractivity contribution < 1.29 is 0 Å². The van der Waals surface area contributed by atoms with Gasteiger partial charge in [0.1, 0.15) is 0 Å². The van der Waals surface area contributed by atoms with Crippen molar-refractivity contribution in [3.05, 3.63) is 40.2 Å². The number of pyridine rings is 1. The summed E-state index contributed by atoms with van der Waals surface area (Å²) in [6.07, 6.45) is 5.09. The van der Waals surface area contributed by atoms with E-state index in [1.165, 1.54) is 5.57 Å². The van der Waals surface area contributed by atoms with E-state index in [1.807, 2.05) is 13.0 Å². The van der Waals surface area contributed by atoms with E-state index < -0.39 is 0 Å². The Morgan fingerprint density at radius 2 is 2.20 bits per heavy atom. The molecule has 82 valence electrons. The molecule has 0 aromatic carbocycles. The molecule has 2 heteroatoms. The summed E-state index contributed by atoms with van der Waals surface area (Å²) in [7, 11) is 0. The van der Waals surface area contributed by atoms with Gasteiger partial charge in [0.05, 0.1) is 5.69 Å². The molecule has 0 aliphatic rings. The predicted octanol–water partition coefficient (Wildman–Crippen LogP) is 4.50. The number of allylic oxidation sites excluding steroid dienone is 2. The lowest BCUT2D eigenvalue weighted by molar-refractivity contribution is 0.761. The van der Waals surface area contributed by atoms with Gasteiger partial charge in [0.2, 0.25) is 0 Å². The highest BCUT2D eigenvalue weighted by atomic mass is 35.5. The van der Waals surface area contributed by atoms with E-state index in [2.05, 4.69) is 31.8 Å². The molecule has 0 fully saturated rings. The van der Waals surface area contributed by atoms with Crippen molar-refractivity contribution in [2.75, 3.05) is 0 Å². The molecule has 1 aromatic heterocycles. The third kappa shape index (κ3) is 3.07. The first kappa shape index (κ1) is 12.3. The van der Waals surface area contributed by atoms with Crippen molar-refractivity contribution in [2.45, 2.75) is 40.0 Å². The Morgan fingerprint density at radius 3 is 2.73 bits per heavy atom. The van der Waals surface area contributed by atoms with Crippen molar-refractivity contribution in [1.82, 2.24) is 4.98 Å². The molecule has 0 saturated heterocycles. The van der Waals surface area contributed by atoms with Gasteiger partial charge >= 0.3 is 0 Å². The minimum atomic E-state index is 0.383. The molecule has 1 nitrogen and oxygen atoms in total. The van der Waals surface area contributed by atoms with Crippen LogP contribution in [0.1, 0.15) is 44.4 Å². The second-order valence-electron chi connectivity index (χ2n) is 4.06. The van der Waals surface area contributed by atoms with Gasteiger partial charge in [0, 0.05) is 17.1 Å². The second kappa shape index (κ2) is 5.32. The molecule has 0 saturated carbocycles. The predicted molar refractivity (Wildman–Crippen MR) is 66.4 cm³/mol. The van der Waals surface area contributed by atoms with Crippen LogP contribution in [-0.4, -0.2) is 4.98 Å². The van der Waals surface area contributed by atoms with E-state index in [9.17, 15) is 0 Å². The highest BCUT2D eigenvalue weighted by Crippen LogP contribution is 2.27. The number of aromatic nitrogens is 1. The van der Waals surface area contributed by atoms with E-state index >= 15 is 0 Å². The van der Waals surface area contributed by atoms with Crippen LogP contribution >= 0.6 is 11.6 Å². The normalized spacial score (nSPS) is 12.3. The fraction of sp³-hybridized carbons (Fsp3) is 0.462. The summed E-state index contributed by atoms with van der Waals surface area (Å²) in [6.45, 7) is 8.43. The molecule has 0 bridgehead atoms. The van der Waals surface area contributed by atoms with Gasteiger partial charge in [0.25, 0.3) is 0 Å². The summed E-state index contributed by atoms with van der Waals surface area (Å²) in [5, 5.41) is 0.806. The molecule has 0 amide bonds. The molecule has 1 aromatic rings. The lowest BCUT2D eigenvalue weighted by Gasteiger charge is -2.14. The minimum Gasteiger partial charge on any atom is -0.260 e. The molecule has 0 aliphatic heterocycles. The number of halogens is 1. The van der Waals surface area contributed by atoms with Crippen molar-refractivity contribution in [1.29, 1.82) is 0 Å². The van der Waals surface area contributed by atoms with Gasteiger partial charge in [-0.2, -0.15) is 0 Å². The van der Waals surface area contributed by atoms with E-state index in [0.717, 1.165) is 22.7 Å². The number of hydrogen-bond acceptors (Lipinski definition) is 1. The number of rotatable bonds is 3. The molecule has 0 spiro atoms. The van der Waals surface area contributed by atoms with E-state index in [4.69, 9.17) is 11.6 Å².